The van der Waals surface area contributed by atoms with Crippen molar-refractivity contribution in [2.45, 2.75) is 46.5 Å². The summed E-state index contributed by atoms with van der Waals surface area (Å²) in [6, 6.07) is 11.8. The highest BCUT2D eigenvalue weighted by Crippen LogP contribution is 2.38. The number of nitrogens with one attached hydrogen (secondary N) is 1. The molecule has 0 spiro atoms. The number of rotatable bonds is 11. The quantitative estimate of drug-likeness (QED) is 0.224. The fraction of sp³-hybridized carbons (Fsp3) is 0.357. The van der Waals surface area contributed by atoms with Gasteiger partial charge in [-0.1, -0.05) is 32.9 Å². The van der Waals surface area contributed by atoms with Gasteiger partial charge in [0, 0.05) is 0 Å². The summed E-state index contributed by atoms with van der Waals surface area (Å²) in [6.45, 7) is 9.37. The number of benzene rings is 2. The molecule has 2 heterocycles. The summed E-state index contributed by atoms with van der Waals surface area (Å²) < 4.78 is 18.4. The SMILES string of the molecule is CCOc1cc(/C=C2/C(=N)N3N=C(CC)SC3=NC2=O)cc(Br)c1OCCOc1ccc([C@@H](C)CC)cc1. The van der Waals surface area contributed by atoms with Crippen LogP contribution in [0.25, 0.3) is 6.08 Å². The Kier molecular flexibility index (Phi) is 9.27. The first-order valence-electron chi connectivity index (χ1n) is 12.7. The van der Waals surface area contributed by atoms with Crippen molar-refractivity contribution in [2.24, 2.45) is 10.1 Å². The maximum atomic E-state index is 12.7. The number of thioether (sulfide) groups is 1. The van der Waals surface area contributed by atoms with Crippen molar-refractivity contribution in [2.75, 3.05) is 19.8 Å². The molecule has 2 aliphatic rings. The van der Waals surface area contributed by atoms with E-state index in [9.17, 15) is 4.79 Å². The number of fused-ring (bicyclic) bond motifs is 1. The van der Waals surface area contributed by atoms with Crippen LogP contribution in [0.15, 0.2) is 56.5 Å². The van der Waals surface area contributed by atoms with Crippen LogP contribution in [0.5, 0.6) is 17.2 Å². The van der Waals surface area contributed by atoms with Gasteiger partial charge < -0.3 is 14.2 Å². The molecule has 1 atom stereocenters. The predicted molar refractivity (Wildman–Crippen MR) is 157 cm³/mol. The molecule has 8 nitrogen and oxygen atoms in total. The van der Waals surface area contributed by atoms with E-state index in [1.165, 1.54) is 22.3 Å². The molecule has 0 fully saturated rings. The topological polar surface area (TPSA) is 96.6 Å². The molecule has 1 N–H and O–H groups in total. The van der Waals surface area contributed by atoms with Crippen molar-refractivity contribution in [3.8, 4) is 17.2 Å². The Morgan fingerprint density at radius 1 is 1.11 bits per heavy atom. The molecule has 10 heteroatoms. The zero-order valence-corrected chi connectivity index (χ0v) is 24.3. The number of amidine groups is 2. The van der Waals surface area contributed by atoms with E-state index in [4.69, 9.17) is 19.6 Å². The van der Waals surface area contributed by atoms with Gasteiger partial charge in [0.1, 0.15) is 24.0 Å². The van der Waals surface area contributed by atoms with Crippen molar-refractivity contribution in [1.29, 1.82) is 5.41 Å². The average Bonchev–Trinajstić information content (AvgIpc) is 3.33. The second kappa shape index (κ2) is 12.6. The summed E-state index contributed by atoms with van der Waals surface area (Å²) in [4.78, 5) is 16.8. The van der Waals surface area contributed by atoms with Crippen LogP contribution in [-0.4, -0.2) is 46.8 Å². The Morgan fingerprint density at radius 3 is 2.53 bits per heavy atom. The number of hydrogen-bond acceptors (Lipinski definition) is 7. The van der Waals surface area contributed by atoms with Crippen LogP contribution in [-0.2, 0) is 4.79 Å². The fourth-order valence-corrected chi connectivity index (χ4v) is 5.25. The van der Waals surface area contributed by atoms with Gasteiger partial charge in [0.15, 0.2) is 17.3 Å². The fourth-order valence-electron chi connectivity index (χ4n) is 3.85. The number of carbonyl (C=O) groups is 1. The third-order valence-corrected chi connectivity index (χ3v) is 7.74. The minimum Gasteiger partial charge on any atom is -0.490 e. The summed E-state index contributed by atoms with van der Waals surface area (Å²) in [7, 11) is 0. The lowest BCUT2D eigenvalue weighted by molar-refractivity contribution is -0.114. The van der Waals surface area contributed by atoms with E-state index >= 15 is 0 Å². The van der Waals surface area contributed by atoms with Crippen LogP contribution in [0.3, 0.4) is 0 Å². The van der Waals surface area contributed by atoms with E-state index in [0.29, 0.717) is 58.9 Å². The number of halogens is 1. The Hall–Kier alpha value is -3.11. The van der Waals surface area contributed by atoms with Crippen molar-refractivity contribution >= 4 is 55.7 Å². The van der Waals surface area contributed by atoms with Crippen LogP contribution >= 0.6 is 27.7 Å². The van der Waals surface area contributed by atoms with Gasteiger partial charge in [-0.15, -0.1) is 0 Å². The van der Waals surface area contributed by atoms with Gasteiger partial charge in [-0.3, -0.25) is 10.2 Å². The molecular formula is C28H31BrN4O4S. The van der Waals surface area contributed by atoms with Gasteiger partial charge >= 0.3 is 0 Å². The largest absolute Gasteiger partial charge is 0.490 e. The normalized spacial score (nSPS) is 16.8. The zero-order chi connectivity index (χ0) is 27.2. The van der Waals surface area contributed by atoms with Crippen LogP contribution in [0, 0.1) is 5.41 Å². The van der Waals surface area contributed by atoms with E-state index in [-0.39, 0.29) is 11.4 Å². The molecule has 4 rings (SSSR count). The highest BCUT2D eigenvalue weighted by atomic mass is 79.9. The number of carbonyl (C=O) groups excluding carboxylic acids is 1. The molecule has 0 saturated carbocycles. The standard InChI is InChI=1S/C28H31BrN4O4S/c1-5-17(4)19-8-10-20(11-9-19)36-12-13-37-25-22(29)15-18(16-23(25)35-7-3)14-21-26(30)33-28(31-27(21)34)38-24(6-2)32-33/h8-11,14-17,30H,5-7,12-13H2,1-4H3/b21-14-,30-26?/t17-/m0/s1. The maximum absolute atomic E-state index is 12.7. The Balaban J connectivity index is 1.46. The summed E-state index contributed by atoms with van der Waals surface area (Å²) >= 11 is 4.89. The molecule has 2 aromatic carbocycles. The van der Waals surface area contributed by atoms with Crippen molar-refractivity contribution < 1.29 is 19.0 Å². The third-order valence-electron chi connectivity index (χ3n) is 6.10. The Morgan fingerprint density at radius 2 is 1.84 bits per heavy atom. The number of nitrogens with zero attached hydrogens (tertiary/aromatic N) is 3. The Bertz CT molecular complexity index is 1310. The number of amides is 1. The molecular weight excluding hydrogens is 568 g/mol. The second-order valence-corrected chi connectivity index (χ2v) is 10.6. The minimum atomic E-state index is -0.468. The van der Waals surface area contributed by atoms with Crippen molar-refractivity contribution in [3.05, 3.63) is 57.6 Å². The minimum absolute atomic E-state index is 0.000285. The predicted octanol–water partition coefficient (Wildman–Crippen LogP) is 6.85. The molecule has 2 aliphatic heterocycles. The van der Waals surface area contributed by atoms with Crippen LogP contribution in [0.1, 0.15) is 57.6 Å². The lowest BCUT2D eigenvalue weighted by Crippen LogP contribution is -2.35. The van der Waals surface area contributed by atoms with E-state index in [1.54, 1.807) is 12.1 Å². The van der Waals surface area contributed by atoms with Crippen molar-refractivity contribution in [1.82, 2.24) is 5.01 Å². The number of ether oxygens (including phenoxy) is 3. The zero-order valence-electron chi connectivity index (χ0n) is 21.9. The summed E-state index contributed by atoms with van der Waals surface area (Å²) in [6.07, 6.45) is 3.43. The van der Waals surface area contributed by atoms with Crippen LogP contribution < -0.4 is 14.2 Å². The van der Waals surface area contributed by atoms with Gasteiger partial charge in [0.2, 0.25) is 5.17 Å². The first-order chi connectivity index (χ1) is 18.3. The van der Waals surface area contributed by atoms with Crippen LogP contribution in [0.2, 0.25) is 0 Å². The maximum Gasteiger partial charge on any atom is 0.283 e. The first kappa shape index (κ1) is 27.9. The monoisotopic (exact) mass is 598 g/mol. The molecule has 0 saturated heterocycles. The summed E-state index contributed by atoms with van der Waals surface area (Å²) in [5.41, 5.74) is 2.13. The van der Waals surface area contributed by atoms with E-state index in [0.717, 1.165) is 17.2 Å². The smallest absolute Gasteiger partial charge is 0.283 e. The number of hydrazone groups is 1. The van der Waals surface area contributed by atoms with Crippen molar-refractivity contribution in [3.63, 3.8) is 0 Å². The molecule has 0 radical (unpaired) electrons. The molecule has 0 aliphatic carbocycles. The highest BCUT2D eigenvalue weighted by molar-refractivity contribution is 9.10. The molecule has 1 amide bonds. The van der Waals surface area contributed by atoms with E-state index < -0.39 is 5.91 Å². The third kappa shape index (κ3) is 6.30. The molecule has 2 aromatic rings. The lowest BCUT2D eigenvalue weighted by atomic mass is 9.99. The van der Waals surface area contributed by atoms with Gasteiger partial charge in [-0.05, 0) is 94.8 Å². The highest BCUT2D eigenvalue weighted by Gasteiger charge is 2.35. The Labute approximate surface area is 235 Å². The molecule has 0 aromatic heterocycles. The molecule has 0 unspecified atom stereocenters. The second-order valence-electron chi connectivity index (χ2n) is 8.71. The van der Waals surface area contributed by atoms with Gasteiger partial charge in [-0.25, -0.2) is 0 Å². The lowest BCUT2D eigenvalue weighted by Gasteiger charge is -2.20. The van der Waals surface area contributed by atoms with Crippen LogP contribution in [0.4, 0.5) is 0 Å². The molecule has 200 valence electrons. The van der Waals surface area contributed by atoms with Gasteiger partial charge in [0.05, 0.1) is 16.7 Å². The number of aliphatic imine (C=N–C) groups is 1. The van der Waals surface area contributed by atoms with E-state index in [1.807, 2.05) is 32.0 Å². The average molecular weight is 600 g/mol. The summed E-state index contributed by atoms with van der Waals surface area (Å²) in [5, 5.41) is 15.6. The molecule has 0 bridgehead atoms. The van der Waals surface area contributed by atoms with E-state index in [2.05, 4.69) is 52.0 Å². The van der Waals surface area contributed by atoms with Gasteiger partial charge in [0.25, 0.3) is 5.91 Å². The summed E-state index contributed by atoms with van der Waals surface area (Å²) in [5.74, 6) is 1.92. The first-order valence-corrected chi connectivity index (χ1v) is 14.3. The molecule has 38 heavy (non-hydrogen) atoms. The number of hydrogen-bond donors (Lipinski definition) is 1. The van der Waals surface area contributed by atoms with Gasteiger partial charge in [-0.2, -0.15) is 15.1 Å².